The smallest absolute Gasteiger partial charge is 0.124 e. The molecule has 1 rings (SSSR count). The first-order valence-corrected chi connectivity index (χ1v) is 5.57. The molecule has 0 aliphatic rings. The minimum absolute atomic E-state index is 0.0736. The molecule has 0 saturated heterocycles. The van der Waals surface area contributed by atoms with E-state index in [0.717, 1.165) is 24.3 Å². The van der Waals surface area contributed by atoms with Gasteiger partial charge in [-0.2, -0.15) is 0 Å². The summed E-state index contributed by atoms with van der Waals surface area (Å²) in [5.74, 6) is 3.61. The molecule has 1 aromatic rings. The number of rotatable bonds is 5. The highest BCUT2D eigenvalue weighted by atomic mass is 16.5. The maximum atomic E-state index is 5.54. The van der Waals surface area contributed by atoms with Crippen molar-refractivity contribution in [1.29, 1.82) is 0 Å². The second-order valence-corrected chi connectivity index (χ2v) is 3.80. The van der Waals surface area contributed by atoms with Crippen molar-refractivity contribution in [2.24, 2.45) is 0 Å². The third-order valence-corrected chi connectivity index (χ3v) is 2.47. The third-order valence-electron chi connectivity index (χ3n) is 2.47. The van der Waals surface area contributed by atoms with Gasteiger partial charge in [0.15, 0.2) is 0 Å². The molecule has 0 saturated carbocycles. The summed E-state index contributed by atoms with van der Waals surface area (Å²) >= 11 is 0. The highest BCUT2D eigenvalue weighted by Crippen LogP contribution is 2.25. The van der Waals surface area contributed by atoms with Crippen LogP contribution in [0.1, 0.15) is 30.5 Å². The number of benzene rings is 1. The molecule has 86 valence electrons. The van der Waals surface area contributed by atoms with Gasteiger partial charge in [-0.3, -0.25) is 5.32 Å². The molecule has 0 fully saturated rings. The largest absolute Gasteiger partial charge is 0.496 e. The fourth-order valence-corrected chi connectivity index (χ4v) is 1.60. The molecule has 2 heteroatoms. The molecule has 0 aromatic heterocycles. The summed E-state index contributed by atoms with van der Waals surface area (Å²) < 4.78 is 5.35. The van der Waals surface area contributed by atoms with Crippen LogP contribution in [0, 0.1) is 19.3 Å². The van der Waals surface area contributed by atoms with Gasteiger partial charge in [-0.25, -0.2) is 0 Å². The average molecular weight is 217 g/mol. The Labute approximate surface area is 98.0 Å². The Morgan fingerprint density at radius 1 is 1.50 bits per heavy atom. The SMILES string of the molecule is C#CC(NCCC)c1ccc(C)cc1OC. The van der Waals surface area contributed by atoms with Crippen LogP contribution in [-0.4, -0.2) is 13.7 Å². The lowest BCUT2D eigenvalue weighted by Gasteiger charge is -2.16. The summed E-state index contributed by atoms with van der Waals surface area (Å²) in [4.78, 5) is 0. The van der Waals surface area contributed by atoms with Gasteiger partial charge in [0.2, 0.25) is 0 Å². The lowest BCUT2D eigenvalue weighted by Crippen LogP contribution is -2.21. The van der Waals surface area contributed by atoms with Crippen LogP contribution >= 0.6 is 0 Å². The fraction of sp³-hybridized carbons (Fsp3) is 0.429. The quantitative estimate of drug-likeness (QED) is 0.766. The first-order chi connectivity index (χ1) is 7.72. The molecule has 16 heavy (non-hydrogen) atoms. The van der Waals surface area contributed by atoms with Crippen LogP contribution in [0.15, 0.2) is 18.2 Å². The first-order valence-electron chi connectivity index (χ1n) is 5.57. The topological polar surface area (TPSA) is 21.3 Å². The van der Waals surface area contributed by atoms with E-state index in [4.69, 9.17) is 11.2 Å². The number of hydrogen-bond donors (Lipinski definition) is 1. The molecule has 1 N–H and O–H groups in total. The highest BCUT2D eigenvalue weighted by Gasteiger charge is 2.12. The number of aryl methyl sites for hydroxylation is 1. The van der Waals surface area contributed by atoms with Gasteiger partial charge in [0.25, 0.3) is 0 Å². The van der Waals surface area contributed by atoms with Crippen molar-refractivity contribution in [2.75, 3.05) is 13.7 Å². The average Bonchev–Trinajstić information content (AvgIpc) is 2.31. The Morgan fingerprint density at radius 2 is 2.25 bits per heavy atom. The van der Waals surface area contributed by atoms with Gasteiger partial charge >= 0.3 is 0 Å². The lowest BCUT2D eigenvalue weighted by atomic mass is 10.0. The van der Waals surface area contributed by atoms with Crippen molar-refractivity contribution < 1.29 is 4.74 Å². The van der Waals surface area contributed by atoms with E-state index in [1.165, 1.54) is 5.56 Å². The molecular formula is C14H19NO. The summed E-state index contributed by atoms with van der Waals surface area (Å²) in [6.45, 7) is 5.06. The number of nitrogens with one attached hydrogen (secondary N) is 1. The molecule has 2 nitrogen and oxygen atoms in total. The van der Waals surface area contributed by atoms with Gasteiger partial charge in [0.1, 0.15) is 5.75 Å². The first kappa shape index (κ1) is 12.6. The van der Waals surface area contributed by atoms with E-state index in [1.54, 1.807) is 7.11 Å². The zero-order chi connectivity index (χ0) is 12.0. The molecule has 0 spiro atoms. The van der Waals surface area contributed by atoms with Gasteiger partial charge in [-0.05, 0) is 31.5 Å². The van der Waals surface area contributed by atoms with Crippen LogP contribution in [0.2, 0.25) is 0 Å². The van der Waals surface area contributed by atoms with Crippen molar-refractivity contribution >= 4 is 0 Å². The van der Waals surface area contributed by atoms with Crippen molar-refractivity contribution in [3.05, 3.63) is 29.3 Å². The lowest BCUT2D eigenvalue weighted by molar-refractivity contribution is 0.405. The molecule has 0 heterocycles. The molecular weight excluding hydrogens is 198 g/mol. The van der Waals surface area contributed by atoms with Crippen LogP contribution in [0.3, 0.4) is 0 Å². The van der Waals surface area contributed by atoms with Crippen molar-refractivity contribution in [1.82, 2.24) is 5.32 Å². The second kappa shape index (κ2) is 6.19. The fourth-order valence-electron chi connectivity index (χ4n) is 1.60. The Hall–Kier alpha value is -1.46. The van der Waals surface area contributed by atoms with Gasteiger partial charge in [-0.1, -0.05) is 25.0 Å². The molecule has 1 aromatic carbocycles. The van der Waals surface area contributed by atoms with Crippen molar-refractivity contribution in [3.8, 4) is 18.1 Å². The minimum Gasteiger partial charge on any atom is -0.496 e. The number of methoxy groups -OCH3 is 1. The second-order valence-electron chi connectivity index (χ2n) is 3.80. The zero-order valence-corrected chi connectivity index (χ0v) is 10.2. The summed E-state index contributed by atoms with van der Waals surface area (Å²) in [6.07, 6.45) is 6.60. The molecule has 0 bridgehead atoms. The molecule has 0 radical (unpaired) electrons. The Balaban J connectivity index is 2.96. The maximum Gasteiger partial charge on any atom is 0.124 e. The monoisotopic (exact) mass is 217 g/mol. The van der Waals surface area contributed by atoms with Crippen molar-refractivity contribution in [3.63, 3.8) is 0 Å². The van der Waals surface area contributed by atoms with Crippen LogP contribution in [0.4, 0.5) is 0 Å². The molecule has 0 amide bonds. The molecule has 0 aliphatic carbocycles. The summed E-state index contributed by atoms with van der Waals surface area (Å²) in [5.41, 5.74) is 2.20. The predicted molar refractivity (Wildman–Crippen MR) is 67.6 cm³/mol. The standard InChI is InChI=1S/C14H19NO/c1-5-9-15-13(6-2)12-8-7-11(3)10-14(12)16-4/h2,7-8,10,13,15H,5,9H2,1,3-4H3. The Morgan fingerprint density at radius 3 is 2.81 bits per heavy atom. The van der Waals surface area contributed by atoms with Crippen LogP contribution < -0.4 is 10.1 Å². The van der Waals surface area contributed by atoms with Gasteiger partial charge in [-0.15, -0.1) is 6.42 Å². The third kappa shape index (κ3) is 3.01. The van der Waals surface area contributed by atoms with Crippen LogP contribution in [0.25, 0.3) is 0 Å². The molecule has 1 unspecified atom stereocenters. The minimum atomic E-state index is -0.0736. The number of hydrogen-bond acceptors (Lipinski definition) is 2. The molecule has 1 atom stereocenters. The van der Waals surface area contributed by atoms with E-state index in [-0.39, 0.29) is 6.04 Å². The normalized spacial score (nSPS) is 11.9. The highest BCUT2D eigenvalue weighted by molar-refractivity contribution is 5.42. The van der Waals surface area contributed by atoms with Crippen LogP contribution in [0.5, 0.6) is 5.75 Å². The maximum absolute atomic E-state index is 5.54. The van der Waals surface area contributed by atoms with Crippen molar-refractivity contribution in [2.45, 2.75) is 26.3 Å². The summed E-state index contributed by atoms with van der Waals surface area (Å²) in [5, 5.41) is 3.31. The van der Waals surface area contributed by atoms with E-state index >= 15 is 0 Å². The van der Waals surface area contributed by atoms with E-state index in [1.807, 2.05) is 19.1 Å². The summed E-state index contributed by atoms with van der Waals surface area (Å²) in [7, 11) is 1.67. The number of ether oxygens (including phenoxy) is 1. The number of terminal acetylenes is 1. The molecule has 0 aliphatic heterocycles. The van der Waals surface area contributed by atoms with E-state index < -0.39 is 0 Å². The van der Waals surface area contributed by atoms with E-state index in [2.05, 4.69) is 24.2 Å². The van der Waals surface area contributed by atoms with Crippen LogP contribution in [-0.2, 0) is 0 Å². The Bertz CT molecular complexity index is 379. The zero-order valence-electron chi connectivity index (χ0n) is 10.2. The summed E-state index contributed by atoms with van der Waals surface area (Å²) in [6, 6.07) is 6.01. The van der Waals surface area contributed by atoms with E-state index in [0.29, 0.717) is 0 Å². The van der Waals surface area contributed by atoms with E-state index in [9.17, 15) is 0 Å². The van der Waals surface area contributed by atoms with Gasteiger partial charge in [0.05, 0.1) is 13.2 Å². The Kier molecular flexibility index (Phi) is 4.88. The predicted octanol–water partition coefficient (Wildman–Crippen LogP) is 2.68. The van der Waals surface area contributed by atoms with Gasteiger partial charge in [0, 0.05) is 5.56 Å². The van der Waals surface area contributed by atoms with Gasteiger partial charge < -0.3 is 4.74 Å².